The summed E-state index contributed by atoms with van der Waals surface area (Å²) >= 11 is 0. The molecule has 2 rings (SSSR count). The Morgan fingerprint density at radius 2 is 1.54 bits per heavy atom. The second-order valence-electron chi connectivity index (χ2n) is 5.72. The maximum Gasteiger partial charge on any atom is 0.251 e. The molecule has 0 aliphatic heterocycles. The lowest BCUT2D eigenvalue weighted by Crippen LogP contribution is -2.38. The van der Waals surface area contributed by atoms with E-state index in [4.69, 9.17) is 0 Å². The first-order valence-electron chi connectivity index (χ1n) is 8.29. The fourth-order valence-corrected chi connectivity index (χ4v) is 2.54. The quantitative estimate of drug-likeness (QED) is 0.812. The van der Waals surface area contributed by atoms with Crippen LogP contribution in [0.2, 0.25) is 0 Å². The highest BCUT2D eigenvalue weighted by molar-refractivity contribution is 5.94. The molecular formula is C20H24N2O2. The SMILES string of the molecule is CC(=O)N(CCCc1ccccc1)CCNC(=O)c1ccccc1. The zero-order valence-electron chi connectivity index (χ0n) is 14.1. The maximum atomic E-state index is 12.0. The van der Waals surface area contributed by atoms with Crippen LogP contribution < -0.4 is 5.32 Å². The number of amides is 2. The lowest BCUT2D eigenvalue weighted by Gasteiger charge is -2.21. The Bertz CT molecular complexity index is 641. The van der Waals surface area contributed by atoms with Crippen LogP contribution in [-0.4, -0.2) is 36.3 Å². The molecule has 2 aromatic carbocycles. The summed E-state index contributed by atoms with van der Waals surface area (Å²) in [7, 11) is 0. The van der Waals surface area contributed by atoms with Gasteiger partial charge in [0, 0.05) is 32.1 Å². The zero-order valence-corrected chi connectivity index (χ0v) is 14.1. The molecule has 0 saturated carbocycles. The fraction of sp³-hybridized carbons (Fsp3) is 0.300. The Morgan fingerprint density at radius 3 is 2.17 bits per heavy atom. The number of rotatable bonds is 8. The number of benzene rings is 2. The van der Waals surface area contributed by atoms with Crippen LogP contribution in [0.4, 0.5) is 0 Å². The number of carbonyl (C=O) groups is 2. The summed E-state index contributed by atoms with van der Waals surface area (Å²) in [5.74, 6) is -0.0691. The highest BCUT2D eigenvalue weighted by atomic mass is 16.2. The lowest BCUT2D eigenvalue weighted by molar-refractivity contribution is -0.128. The van der Waals surface area contributed by atoms with Gasteiger partial charge in [0.05, 0.1) is 0 Å². The summed E-state index contributed by atoms with van der Waals surface area (Å²) in [5, 5.41) is 2.86. The van der Waals surface area contributed by atoms with Crippen molar-refractivity contribution in [3.63, 3.8) is 0 Å². The number of aryl methyl sites for hydroxylation is 1. The maximum absolute atomic E-state index is 12.0. The van der Waals surface area contributed by atoms with E-state index in [9.17, 15) is 9.59 Å². The van der Waals surface area contributed by atoms with Gasteiger partial charge in [0.15, 0.2) is 0 Å². The molecule has 2 amide bonds. The van der Waals surface area contributed by atoms with Crippen molar-refractivity contribution in [1.29, 1.82) is 0 Å². The minimum Gasteiger partial charge on any atom is -0.350 e. The van der Waals surface area contributed by atoms with Crippen LogP contribution in [0, 0.1) is 0 Å². The second-order valence-corrected chi connectivity index (χ2v) is 5.72. The van der Waals surface area contributed by atoms with Gasteiger partial charge >= 0.3 is 0 Å². The van der Waals surface area contributed by atoms with E-state index >= 15 is 0 Å². The first-order valence-corrected chi connectivity index (χ1v) is 8.29. The van der Waals surface area contributed by atoms with Gasteiger partial charge in [0.1, 0.15) is 0 Å². The lowest BCUT2D eigenvalue weighted by atomic mass is 10.1. The first-order chi connectivity index (χ1) is 11.7. The monoisotopic (exact) mass is 324 g/mol. The van der Waals surface area contributed by atoms with Crippen LogP contribution in [0.1, 0.15) is 29.3 Å². The third-order valence-corrected chi connectivity index (χ3v) is 3.88. The molecule has 0 aromatic heterocycles. The van der Waals surface area contributed by atoms with E-state index in [2.05, 4.69) is 17.4 Å². The summed E-state index contributed by atoms with van der Waals surface area (Å²) in [5.41, 5.74) is 1.91. The van der Waals surface area contributed by atoms with E-state index in [1.807, 2.05) is 36.4 Å². The highest BCUT2D eigenvalue weighted by Crippen LogP contribution is 2.04. The standard InChI is InChI=1S/C20H24N2O2/c1-17(23)22(15-8-11-18-9-4-2-5-10-18)16-14-21-20(24)19-12-6-3-7-13-19/h2-7,9-10,12-13H,8,11,14-16H2,1H3,(H,21,24). The molecule has 2 aromatic rings. The normalized spacial score (nSPS) is 10.2. The van der Waals surface area contributed by atoms with E-state index in [1.54, 1.807) is 24.0 Å². The van der Waals surface area contributed by atoms with E-state index in [0.717, 1.165) is 12.8 Å². The number of nitrogens with one attached hydrogen (secondary N) is 1. The molecule has 0 aliphatic carbocycles. The number of hydrogen-bond acceptors (Lipinski definition) is 2. The number of carbonyl (C=O) groups excluding carboxylic acids is 2. The Labute approximate surface area is 143 Å². The van der Waals surface area contributed by atoms with Crippen molar-refractivity contribution in [1.82, 2.24) is 10.2 Å². The van der Waals surface area contributed by atoms with Gasteiger partial charge in [-0.05, 0) is 30.5 Å². The summed E-state index contributed by atoms with van der Waals surface area (Å²) < 4.78 is 0. The Hall–Kier alpha value is -2.62. The molecule has 0 aliphatic rings. The van der Waals surface area contributed by atoms with Crippen molar-refractivity contribution < 1.29 is 9.59 Å². The molecule has 0 bridgehead atoms. The first kappa shape index (κ1) is 17.7. The third-order valence-electron chi connectivity index (χ3n) is 3.88. The molecule has 4 heteroatoms. The minimum absolute atomic E-state index is 0.0389. The molecule has 1 N–H and O–H groups in total. The van der Waals surface area contributed by atoms with Crippen LogP contribution in [-0.2, 0) is 11.2 Å². The van der Waals surface area contributed by atoms with E-state index in [0.29, 0.717) is 25.2 Å². The molecule has 126 valence electrons. The van der Waals surface area contributed by atoms with E-state index in [1.165, 1.54) is 5.56 Å². The Morgan fingerprint density at radius 1 is 0.917 bits per heavy atom. The summed E-state index contributed by atoms with van der Waals surface area (Å²) in [6.45, 7) is 3.26. The van der Waals surface area contributed by atoms with Crippen LogP contribution in [0.15, 0.2) is 60.7 Å². The van der Waals surface area contributed by atoms with Crippen molar-refractivity contribution in [2.45, 2.75) is 19.8 Å². The number of hydrogen-bond donors (Lipinski definition) is 1. The van der Waals surface area contributed by atoms with E-state index in [-0.39, 0.29) is 11.8 Å². The molecule has 0 radical (unpaired) electrons. The molecule has 0 atom stereocenters. The van der Waals surface area contributed by atoms with E-state index < -0.39 is 0 Å². The minimum atomic E-state index is -0.108. The van der Waals surface area contributed by atoms with Crippen molar-refractivity contribution in [3.05, 3.63) is 71.8 Å². The molecule has 0 fully saturated rings. The predicted octanol–water partition coefficient (Wildman–Crippen LogP) is 2.90. The van der Waals surface area contributed by atoms with Gasteiger partial charge < -0.3 is 10.2 Å². The summed E-state index contributed by atoms with van der Waals surface area (Å²) in [6.07, 6.45) is 1.86. The van der Waals surface area contributed by atoms with Gasteiger partial charge in [-0.25, -0.2) is 0 Å². The molecular weight excluding hydrogens is 300 g/mol. The van der Waals surface area contributed by atoms with Gasteiger partial charge in [0.25, 0.3) is 5.91 Å². The van der Waals surface area contributed by atoms with Crippen LogP contribution in [0.25, 0.3) is 0 Å². The third kappa shape index (κ3) is 5.88. The fourth-order valence-electron chi connectivity index (χ4n) is 2.54. The molecule has 24 heavy (non-hydrogen) atoms. The van der Waals surface area contributed by atoms with Crippen LogP contribution in [0.5, 0.6) is 0 Å². The largest absolute Gasteiger partial charge is 0.350 e. The Kier molecular flexibility index (Phi) is 7.02. The molecule has 0 unspecified atom stereocenters. The molecule has 4 nitrogen and oxygen atoms in total. The summed E-state index contributed by atoms with van der Waals surface area (Å²) in [6, 6.07) is 19.3. The van der Waals surface area contributed by atoms with Crippen LogP contribution >= 0.6 is 0 Å². The summed E-state index contributed by atoms with van der Waals surface area (Å²) in [4.78, 5) is 25.5. The van der Waals surface area contributed by atoms with Gasteiger partial charge in [0.2, 0.25) is 5.91 Å². The zero-order chi connectivity index (χ0) is 17.2. The number of nitrogens with zero attached hydrogens (tertiary/aromatic N) is 1. The van der Waals surface area contributed by atoms with Crippen molar-refractivity contribution in [3.8, 4) is 0 Å². The van der Waals surface area contributed by atoms with Gasteiger partial charge in [-0.1, -0.05) is 48.5 Å². The average Bonchev–Trinajstić information content (AvgIpc) is 2.61. The van der Waals surface area contributed by atoms with Gasteiger partial charge in [-0.3, -0.25) is 9.59 Å². The van der Waals surface area contributed by atoms with Crippen molar-refractivity contribution in [2.75, 3.05) is 19.6 Å². The predicted molar refractivity (Wildman–Crippen MR) is 95.8 cm³/mol. The smallest absolute Gasteiger partial charge is 0.251 e. The topological polar surface area (TPSA) is 49.4 Å². The van der Waals surface area contributed by atoms with Crippen molar-refractivity contribution >= 4 is 11.8 Å². The molecule has 0 spiro atoms. The van der Waals surface area contributed by atoms with Gasteiger partial charge in [-0.2, -0.15) is 0 Å². The second kappa shape index (κ2) is 9.50. The van der Waals surface area contributed by atoms with Crippen molar-refractivity contribution in [2.24, 2.45) is 0 Å². The molecule has 0 saturated heterocycles. The Balaban J connectivity index is 1.73. The molecule has 0 heterocycles. The highest BCUT2D eigenvalue weighted by Gasteiger charge is 2.09. The van der Waals surface area contributed by atoms with Crippen LogP contribution in [0.3, 0.4) is 0 Å². The van der Waals surface area contributed by atoms with Gasteiger partial charge in [-0.15, -0.1) is 0 Å². The average molecular weight is 324 g/mol.